The van der Waals surface area contributed by atoms with E-state index in [-0.39, 0.29) is 24.5 Å². The van der Waals surface area contributed by atoms with E-state index in [0.717, 1.165) is 17.0 Å². The highest BCUT2D eigenvalue weighted by atomic mass is 19.4. The first-order valence-electron chi connectivity index (χ1n) is 7.48. The molecule has 3 rings (SSSR count). The van der Waals surface area contributed by atoms with Gasteiger partial charge in [0, 0.05) is 0 Å². The molecule has 9 heteroatoms. The first-order chi connectivity index (χ1) is 12.3. The number of nitrogens with one attached hydrogen (secondary N) is 1. The van der Waals surface area contributed by atoms with E-state index in [4.69, 9.17) is 4.74 Å². The molecule has 0 saturated carbocycles. The van der Waals surface area contributed by atoms with Crippen molar-refractivity contribution < 1.29 is 32.6 Å². The maximum atomic E-state index is 12.6. The van der Waals surface area contributed by atoms with Crippen LogP contribution in [0.25, 0.3) is 0 Å². The number of carboxylic acid groups (broad SMARTS) is 1. The minimum Gasteiger partial charge on any atom is -0.481 e. The van der Waals surface area contributed by atoms with Crippen molar-refractivity contribution in [1.82, 2.24) is 0 Å². The third kappa shape index (κ3) is 3.56. The number of hydrogen-bond acceptors (Lipinski definition) is 3. The average molecular weight is 366 g/mol. The number of amides is 2. The summed E-state index contributed by atoms with van der Waals surface area (Å²) >= 11 is 0. The summed E-state index contributed by atoms with van der Waals surface area (Å²) in [5, 5.41) is 12.1. The van der Waals surface area contributed by atoms with Gasteiger partial charge in [0.05, 0.1) is 17.8 Å². The van der Waals surface area contributed by atoms with Crippen molar-refractivity contribution in [2.75, 3.05) is 16.8 Å². The van der Waals surface area contributed by atoms with Gasteiger partial charge in [-0.1, -0.05) is 18.2 Å². The van der Waals surface area contributed by atoms with Crippen molar-refractivity contribution in [3.8, 4) is 5.75 Å². The number of nitrogens with zero attached hydrogens (tertiary/aromatic N) is 1. The molecule has 0 bridgehead atoms. The third-order valence-electron chi connectivity index (χ3n) is 3.77. The molecule has 2 amide bonds. The lowest BCUT2D eigenvalue weighted by atomic mass is 10.1. The highest BCUT2D eigenvalue weighted by Crippen LogP contribution is 2.38. The Labute approximate surface area is 145 Å². The van der Waals surface area contributed by atoms with Crippen LogP contribution in [-0.4, -0.2) is 23.7 Å². The van der Waals surface area contributed by atoms with Crippen LogP contribution in [0.5, 0.6) is 5.75 Å². The number of carbonyl (C=O) groups is 2. The predicted octanol–water partition coefficient (Wildman–Crippen LogP) is 3.72. The number of anilines is 2. The van der Waals surface area contributed by atoms with Crippen LogP contribution in [0.4, 0.5) is 29.3 Å². The lowest BCUT2D eigenvalue weighted by Gasteiger charge is -2.26. The Morgan fingerprint density at radius 3 is 2.50 bits per heavy atom. The largest absolute Gasteiger partial charge is 0.481 e. The number of para-hydroxylation sites is 1. The topological polar surface area (TPSA) is 78.9 Å². The Balaban J connectivity index is 1.92. The highest BCUT2D eigenvalue weighted by molar-refractivity contribution is 6.02. The van der Waals surface area contributed by atoms with Gasteiger partial charge in [-0.2, -0.15) is 13.2 Å². The second kappa shape index (κ2) is 6.58. The summed E-state index contributed by atoms with van der Waals surface area (Å²) in [6, 6.07) is 8.82. The molecule has 1 heterocycles. The van der Waals surface area contributed by atoms with E-state index < -0.39 is 23.7 Å². The van der Waals surface area contributed by atoms with Gasteiger partial charge in [-0.05, 0) is 29.8 Å². The molecular weight excluding hydrogens is 353 g/mol. The quantitative estimate of drug-likeness (QED) is 0.868. The number of carbonyl (C=O) groups excluding carboxylic acids is 1. The molecule has 0 saturated heterocycles. The molecule has 2 aromatic rings. The van der Waals surface area contributed by atoms with E-state index >= 15 is 0 Å². The minimum absolute atomic E-state index is 0.169. The third-order valence-corrected chi connectivity index (χ3v) is 3.77. The normalized spacial score (nSPS) is 13.4. The number of benzene rings is 2. The summed E-state index contributed by atoms with van der Waals surface area (Å²) < 4.78 is 43.2. The second-order valence-corrected chi connectivity index (χ2v) is 5.55. The van der Waals surface area contributed by atoms with Crippen molar-refractivity contribution in [3.63, 3.8) is 0 Å². The van der Waals surface area contributed by atoms with E-state index in [0.29, 0.717) is 11.3 Å². The fourth-order valence-electron chi connectivity index (χ4n) is 2.55. The fourth-order valence-corrected chi connectivity index (χ4v) is 2.55. The fraction of sp³-hybridized carbons (Fsp3) is 0.176. The molecule has 2 N–H and O–H groups in total. The van der Waals surface area contributed by atoms with Gasteiger partial charge >= 0.3 is 12.3 Å². The number of alkyl halides is 3. The number of halogens is 3. The van der Waals surface area contributed by atoms with Crippen LogP contribution in [0.1, 0.15) is 11.1 Å². The van der Waals surface area contributed by atoms with Crippen molar-refractivity contribution in [2.45, 2.75) is 12.7 Å². The van der Waals surface area contributed by atoms with Crippen molar-refractivity contribution in [1.29, 1.82) is 0 Å². The van der Waals surface area contributed by atoms with Gasteiger partial charge < -0.3 is 15.2 Å². The lowest BCUT2D eigenvalue weighted by Crippen LogP contribution is -2.32. The van der Waals surface area contributed by atoms with Gasteiger partial charge in [-0.15, -0.1) is 0 Å². The monoisotopic (exact) mass is 366 g/mol. The summed E-state index contributed by atoms with van der Waals surface area (Å²) in [7, 11) is 0. The van der Waals surface area contributed by atoms with Crippen LogP contribution >= 0.6 is 0 Å². The van der Waals surface area contributed by atoms with E-state index in [1.165, 1.54) is 18.2 Å². The maximum absolute atomic E-state index is 12.6. The standard InChI is InChI=1S/C17H13F3N2O4/c18-17(19,20)11-6-4-10(5-7-11)8-22(16(24)25)12-2-1-3-13-15(12)21-14(23)9-26-13/h1-7H,8-9H2,(H,21,23)(H,24,25). The Hall–Kier alpha value is -3.23. The molecule has 1 aliphatic rings. The van der Waals surface area contributed by atoms with Crippen molar-refractivity contribution >= 4 is 23.4 Å². The van der Waals surface area contributed by atoms with Gasteiger partial charge in [0.1, 0.15) is 11.4 Å². The molecule has 2 aromatic carbocycles. The molecular formula is C17H13F3N2O4. The molecule has 0 radical (unpaired) electrons. The van der Waals surface area contributed by atoms with E-state index in [9.17, 15) is 27.9 Å². The molecule has 0 aromatic heterocycles. The Bertz CT molecular complexity index is 850. The van der Waals surface area contributed by atoms with E-state index in [1.54, 1.807) is 12.1 Å². The SMILES string of the molecule is O=C1COc2cccc(N(Cc3ccc(C(F)(F)F)cc3)C(=O)O)c2N1. The van der Waals surface area contributed by atoms with Gasteiger partial charge in [-0.25, -0.2) is 4.79 Å². The molecule has 0 spiro atoms. The van der Waals surface area contributed by atoms with Crippen LogP contribution in [0.15, 0.2) is 42.5 Å². The Morgan fingerprint density at radius 2 is 1.88 bits per heavy atom. The first-order valence-corrected chi connectivity index (χ1v) is 7.48. The molecule has 1 aliphatic heterocycles. The molecule has 0 unspecified atom stereocenters. The maximum Gasteiger partial charge on any atom is 0.416 e. The lowest BCUT2D eigenvalue weighted by molar-refractivity contribution is -0.137. The van der Waals surface area contributed by atoms with Crippen LogP contribution < -0.4 is 15.0 Å². The molecule has 0 aliphatic carbocycles. The zero-order chi connectivity index (χ0) is 18.9. The Kier molecular flexibility index (Phi) is 4.45. The van der Waals surface area contributed by atoms with Crippen LogP contribution in [-0.2, 0) is 17.5 Å². The smallest absolute Gasteiger partial charge is 0.416 e. The van der Waals surface area contributed by atoms with E-state index in [1.807, 2.05) is 0 Å². The van der Waals surface area contributed by atoms with Crippen LogP contribution in [0.3, 0.4) is 0 Å². The summed E-state index contributed by atoms with van der Waals surface area (Å²) in [5.41, 5.74) is -0.0806. The molecule has 136 valence electrons. The second-order valence-electron chi connectivity index (χ2n) is 5.55. The van der Waals surface area contributed by atoms with Crippen LogP contribution in [0, 0.1) is 0 Å². The minimum atomic E-state index is -4.47. The van der Waals surface area contributed by atoms with Crippen molar-refractivity contribution in [2.24, 2.45) is 0 Å². The van der Waals surface area contributed by atoms with E-state index in [2.05, 4.69) is 5.32 Å². The zero-order valence-electron chi connectivity index (χ0n) is 13.2. The summed E-state index contributed by atoms with van der Waals surface area (Å²) in [4.78, 5) is 24.2. The molecule has 26 heavy (non-hydrogen) atoms. The highest BCUT2D eigenvalue weighted by Gasteiger charge is 2.30. The first kappa shape index (κ1) is 17.6. The van der Waals surface area contributed by atoms with Gasteiger partial charge in [-0.3, -0.25) is 9.69 Å². The molecule has 6 nitrogen and oxygen atoms in total. The number of hydrogen-bond donors (Lipinski definition) is 2. The summed E-state index contributed by atoms with van der Waals surface area (Å²) in [5.74, 6) is -0.106. The Morgan fingerprint density at radius 1 is 1.19 bits per heavy atom. The number of ether oxygens (including phenoxy) is 1. The number of fused-ring (bicyclic) bond motifs is 1. The average Bonchev–Trinajstić information content (AvgIpc) is 2.58. The number of rotatable bonds is 3. The summed E-state index contributed by atoms with van der Waals surface area (Å²) in [6.07, 6.45) is -5.79. The van der Waals surface area contributed by atoms with Gasteiger partial charge in [0.25, 0.3) is 5.91 Å². The summed E-state index contributed by atoms with van der Waals surface area (Å²) in [6.45, 7) is -0.373. The van der Waals surface area contributed by atoms with Crippen molar-refractivity contribution in [3.05, 3.63) is 53.6 Å². The van der Waals surface area contributed by atoms with Gasteiger partial charge in [0.2, 0.25) is 0 Å². The van der Waals surface area contributed by atoms with Crippen LogP contribution in [0.2, 0.25) is 0 Å². The zero-order valence-corrected chi connectivity index (χ0v) is 13.2. The molecule has 0 atom stereocenters. The predicted molar refractivity (Wildman–Crippen MR) is 86.2 cm³/mol. The van der Waals surface area contributed by atoms with Gasteiger partial charge in [0.15, 0.2) is 6.61 Å². The molecule has 0 fully saturated rings.